The highest BCUT2D eigenvalue weighted by atomic mass is 32.2. The summed E-state index contributed by atoms with van der Waals surface area (Å²) in [6.07, 6.45) is -0.341. The van der Waals surface area contributed by atoms with Crippen LogP contribution in [0.4, 0.5) is 18.9 Å². The quantitative estimate of drug-likeness (QED) is 0.873. The van der Waals surface area contributed by atoms with Crippen LogP contribution < -0.4 is 5.32 Å². The van der Waals surface area contributed by atoms with Crippen molar-refractivity contribution in [2.24, 2.45) is 0 Å². The van der Waals surface area contributed by atoms with Gasteiger partial charge in [-0.15, -0.1) is 11.8 Å². The number of Topliss-reactive ketones (excluding diaryl/α,β-unsaturated/α-hetero) is 2. The molecular formula is C17H12F3N3O2S. The number of ketones is 2. The molecule has 1 aliphatic carbocycles. The van der Waals surface area contributed by atoms with Gasteiger partial charge in [0.15, 0.2) is 0 Å². The fourth-order valence-corrected chi connectivity index (χ4v) is 3.12. The Hall–Kier alpha value is -2.68. The molecule has 0 radical (unpaired) electrons. The van der Waals surface area contributed by atoms with Gasteiger partial charge in [-0.1, -0.05) is 6.07 Å². The highest BCUT2D eigenvalue weighted by Gasteiger charge is 2.35. The molecule has 0 fully saturated rings. The van der Waals surface area contributed by atoms with Gasteiger partial charge >= 0.3 is 6.18 Å². The second kappa shape index (κ2) is 6.56. The number of nitrogens with one attached hydrogen (secondary N) is 1. The van der Waals surface area contributed by atoms with Gasteiger partial charge in [-0.05, 0) is 30.9 Å². The monoisotopic (exact) mass is 379 g/mol. The lowest BCUT2D eigenvalue weighted by Gasteiger charge is -2.21. The Kier molecular flexibility index (Phi) is 4.57. The lowest BCUT2D eigenvalue weighted by Crippen LogP contribution is -2.27. The minimum absolute atomic E-state index is 0.0619. The van der Waals surface area contributed by atoms with E-state index in [-0.39, 0.29) is 27.7 Å². The van der Waals surface area contributed by atoms with Gasteiger partial charge in [0.1, 0.15) is 17.1 Å². The van der Waals surface area contributed by atoms with Crippen molar-refractivity contribution in [1.29, 1.82) is 0 Å². The van der Waals surface area contributed by atoms with Gasteiger partial charge in [-0.25, -0.2) is 9.97 Å². The number of carbonyl (C=O) groups is 2. The molecule has 3 rings (SSSR count). The molecule has 0 saturated heterocycles. The number of rotatable bonds is 3. The smallest absolute Gasteiger partial charge is 0.351 e. The largest absolute Gasteiger partial charge is 0.416 e. The van der Waals surface area contributed by atoms with Crippen molar-refractivity contribution in [2.75, 3.05) is 11.6 Å². The van der Waals surface area contributed by atoms with Crippen molar-refractivity contribution in [3.05, 3.63) is 63.7 Å². The third kappa shape index (κ3) is 3.10. The lowest BCUT2D eigenvalue weighted by atomic mass is 10.0. The van der Waals surface area contributed by atoms with E-state index >= 15 is 0 Å². The van der Waals surface area contributed by atoms with Crippen molar-refractivity contribution >= 4 is 29.0 Å². The zero-order valence-electron chi connectivity index (χ0n) is 13.6. The van der Waals surface area contributed by atoms with E-state index in [9.17, 15) is 22.8 Å². The number of aryl methyl sites for hydroxylation is 1. The molecule has 0 unspecified atom stereocenters. The van der Waals surface area contributed by atoms with Crippen LogP contribution in [0.1, 0.15) is 32.1 Å². The fourth-order valence-electron chi connectivity index (χ4n) is 2.49. The summed E-state index contributed by atoms with van der Waals surface area (Å²) in [5.74, 6) is -1.08. The van der Waals surface area contributed by atoms with Crippen LogP contribution >= 0.6 is 11.8 Å². The van der Waals surface area contributed by atoms with E-state index in [4.69, 9.17) is 0 Å². The second-order valence-electron chi connectivity index (χ2n) is 5.47. The molecule has 0 aliphatic heterocycles. The summed E-state index contributed by atoms with van der Waals surface area (Å²) >= 11 is 1.02. The molecule has 0 spiro atoms. The summed E-state index contributed by atoms with van der Waals surface area (Å²) in [7, 11) is 0. The number of allylic oxidation sites excluding steroid dienone is 2. The predicted octanol–water partition coefficient (Wildman–Crippen LogP) is 3.87. The SMILES string of the molecule is CSC1=C(Nc2cc(C(F)(F)F)ccc2C)C(=O)c2nccnc2C1=O. The first-order chi connectivity index (χ1) is 12.2. The topological polar surface area (TPSA) is 72.0 Å². The van der Waals surface area contributed by atoms with E-state index in [1.165, 1.54) is 18.5 Å². The molecule has 1 aliphatic rings. The molecule has 1 aromatic carbocycles. The molecule has 0 atom stereocenters. The number of alkyl halides is 3. The summed E-state index contributed by atoms with van der Waals surface area (Å²) in [5, 5.41) is 2.70. The van der Waals surface area contributed by atoms with Gasteiger partial charge < -0.3 is 5.32 Å². The Balaban J connectivity index is 2.09. The normalized spacial score (nSPS) is 14.5. The van der Waals surface area contributed by atoms with Crippen LogP contribution in [0.25, 0.3) is 0 Å². The first-order valence-electron chi connectivity index (χ1n) is 7.37. The molecule has 0 amide bonds. The van der Waals surface area contributed by atoms with Crippen LogP contribution in [-0.4, -0.2) is 27.8 Å². The molecule has 9 heteroatoms. The van der Waals surface area contributed by atoms with Crippen LogP contribution in [0.5, 0.6) is 0 Å². The predicted molar refractivity (Wildman–Crippen MR) is 91.0 cm³/mol. The maximum atomic E-state index is 13.0. The number of hydrogen-bond acceptors (Lipinski definition) is 6. The fraction of sp³-hybridized carbons (Fsp3) is 0.176. The van der Waals surface area contributed by atoms with Crippen molar-refractivity contribution in [2.45, 2.75) is 13.1 Å². The first kappa shape index (κ1) is 18.1. The molecule has 1 aromatic heterocycles. The number of benzene rings is 1. The standard InChI is InChI=1S/C17H12F3N3O2S/c1-8-3-4-9(17(18,19)20)7-10(8)23-13-14(24)11-12(22-6-5-21-11)15(25)16(13)26-2/h3-7,23H,1-2H3. The first-order valence-corrected chi connectivity index (χ1v) is 8.60. The maximum Gasteiger partial charge on any atom is 0.416 e. The van der Waals surface area contributed by atoms with Gasteiger partial charge in [-0.2, -0.15) is 13.2 Å². The van der Waals surface area contributed by atoms with Gasteiger partial charge in [0.25, 0.3) is 0 Å². The van der Waals surface area contributed by atoms with Crippen LogP contribution in [0.3, 0.4) is 0 Å². The number of carbonyl (C=O) groups excluding carboxylic acids is 2. The number of halogens is 3. The zero-order chi connectivity index (χ0) is 19.1. The van der Waals surface area contributed by atoms with E-state index in [1.54, 1.807) is 13.2 Å². The highest BCUT2D eigenvalue weighted by Crippen LogP contribution is 2.35. The summed E-state index contributed by atoms with van der Waals surface area (Å²) in [6, 6.07) is 3.16. The van der Waals surface area contributed by atoms with Crippen LogP contribution in [0.2, 0.25) is 0 Å². The van der Waals surface area contributed by atoms with Gasteiger partial charge in [0, 0.05) is 18.1 Å². The molecule has 134 valence electrons. The third-order valence-corrected chi connectivity index (χ3v) is 4.62. The summed E-state index contributed by atoms with van der Waals surface area (Å²) in [4.78, 5) is 33.1. The highest BCUT2D eigenvalue weighted by molar-refractivity contribution is 8.03. The molecule has 2 aromatic rings. The van der Waals surface area contributed by atoms with Crippen molar-refractivity contribution in [1.82, 2.24) is 9.97 Å². The Morgan fingerprint density at radius 3 is 2.23 bits per heavy atom. The number of anilines is 1. The lowest BCUT2D eigenvalue weighted by molar-refractivity contribution is -0.137. The minimum Gasteiger partial charge on any atom is -0.351 e. The molecule has 1 N–H and O–H groups in total. The van der Waals surface area contributed by atoms with E-state index in [1.807, 2.05) is 0 Å². The van der Waals surface area contributed by atoms with Crippen LogP contribution in [0.15, 0.2) is 41.2 Å². The van der Waals surface area contributed by atoms with Crippen LogP contribution in [0, 0.1) is 6.92 Å². The van der Waals surface area contributed by atoms with Gasteiger partial charge in [0.05, 0.1) is 10.5 Å². The number of nitrogens with zero attached hydrogens (tertiary/aromatic N) is 2. The van der Waals surface area contributed by atoms with E-state index in [0.29, 0.717) is 5.56 Å². The summed E-state index contributed by atoms with van der Waals surface area (Å²) in [6.45, 7) is 1.60. The maximum absolute atomic E-state index is 13.0. The van der Waals surface area contributed by atoms with E-state index in [2.05, 4.69) is 15.3 Å². The average molecular weight is 379 g/mol. The van der Waals surface area contributed by atoms with Crippen molar-refractivity contribution in [3.63, 3.8) is 0 Å². The molecule has 0 saturated carbocycles. The summed E-state index contributed by atoms with van der Waals surface area (Å²) < 4.78 is 38.9. The second-order valence-corrected chi connectivity index (χ2v) is 6.29. The third-order valence-electron chi connectivity index (χ3n) is 3.82. The number of fused-ring (bicyclic) bond motifs is 1. The average Bonchev–Trinajstić information content (AvgIpc) is 2.60. The molecular weight excluding hydrogens is 367 g/mol. The molecule has 26 heavy (non-hydrogen) atoms. The zero-order valence-corrected chi connectivity index (χ0v) is 14.5. The number of hydrogen-bond donors (Lipinski definition) is 1. The van der Waals surface area contributed by atoms with Crippen molar-refractivity contribution in [3.8, 4) is 0 Å². The Bertz CT molecular complexity index is 955. The van der Waals surface area contributed by atoms with E-state index < -0.39 is 23.3 Å². The molecule has 0 bridgehead atoms. The molecule has 5 nitrogen and oxygen atoms in total. The number of aromatic nitrogens is 2. The van der Waals surface area contributed by atoms with Gasteiger partial charge in [-0.3, -0.25) is 9.59 Å². The Labute approximate surface area is 150 Å². The van der Waals surface area contributed by atoms with Crippen molar-refractivity contribution < 1.29 is 22.8 Å². The number of thioether (sulfide) groups is 1. The van der Waals surface area contributed by atoms with Gasteiger partial charge in [0.2, 0.25) is 11.6 Å². The van der Waals surface area contributed by atoms with Crippen LogP contribution in [-0.2, 0) is 6.18 Å². The molecule has 1 heterocycles. The summed E-state index contributed by atoms with van der Waals surface area (Å²) in [5.41, 5.74) is -0.550. The minimum atomic E-state index is -4.52. The Morgan fingerprint density at radius 2 is 1.65 bits per heavy atom. The van der Waals surface area contributed by atoms with E-state index in [0.717, 1.165) is 23.9 Å². The Morgan fingerprint density at radius 1 is 1.04 bits per heavy atom.